The lowest BCUT2D eigenvalue weighted by Crippen LogP contribution is -2.22. The Morgan fingerprint density at radius 1 is 1.07 bits per heavy atom. The molecule has 1 atom stereocenters. The maximum atomic E-state index is 12.6. The molecular formula is C23H21N3O3S. The molecule has 1 heterocycles. The van der Waals surface area contributed by atoms with E-state index in [0.29, 0.717) is 17.5 Å². The lowest BCUT2D eigenvalue weighted by Gasteiger charge is -2.10. The van der Waals surface area contributed by atoms with E-state index in [1.807, 2.05) is 73.7 Å². The number of methoxy groups -OCH3 is 1. The molecule has 7 heteroatoms. The molecule has 1 N–H and O–H groups in total. The lowest BCUT2D eigenvalue weighted by molar-refractivity contribution is -0.115. The fourth-order valence-electron chi connectivity index (χ4n) is 2.99. The van der Waals surface area contributed by atoms with Crippen molar-refractivity contribution in [1.82, 2.24) is 10.2 Å². The summed E-state index contributed by atoms with van der Waals surface area (Å²) < 4.78 is 10.9. The van der Waals surface area contributed by atoms with E-state index in [2.05, 4.69) is 15.5 Å². The van der Waals surface area contributed by atoms with Gasteiger partial charge in [0.1, 0.15) is 5.75 Å². The number of hydrogen-bond acceptors (Lipinski definition) is 6. The molecule has 0 unspecified atom stereocenters. The standard InChI is InChI=1S/C23H21N3O3S/c1-15(22(27)24-19-10-9-17-5-3-4-6-18(17)14-19)30-23-26-25-21(29-23)13-16-7-11-20(28-2)12-8-16/h3-12,14-15H,13H2,1-2H3,(H,24,27)/t15-/m1/s1. The van der Waals surface area contributed by atoms with Crippen LogP contribution in [-0.4, -0.2) is 28.5 Å². The van der Waals surface area contributed by atoms with E-state index in [1.165, 1.54) is 11.8 Å². The van der Waals surface area contributed by atoms with Crippen molar-refractivity contribution in [3.05, 3.63) is 78.2 Å². The molecule has 152 valence electrons. The quantitative estimate of drug-likeness (QED) is 0.428. The Bertz CT molecular complexity index is 1160. The zero-order chi connectivity index (χ0) is 20.9. The number of fused-ring (bicyclic) bond motifs is 1. The second-order valence-electron chi connectivity index (χ2n) is 6.80. The first kappa shape index (κ1) is 20.0. The minimum Gasteiger partial charge on any atom is -0.497 e. The summed E-state index contributed by atoms with van der Waals surface area (Å²) in [6.45, 7) is 1.81. The summed E-state index contributed by atoms with van der Waals surface area (Å²) >= 11 is 1.24. The van der Waals surface area contributed by atoms with Crippen LogP contribution in [-0.2, 0) is 11.2 Å². The number of carbonyl (C=O) groups is 1. The molecule has 0 aliphatic carbocycles. The number of nitrogens with zero attached hydrogens (tertiary/aromatic N) is 2. The van der Waals surface area contributed by atoms with E-state index in [4.69, 9.17) is 9.15 Å². The van der Waals surface area contributed by atoms with Gasteiger partial charge in [-0.3, -0.25) is 4.79 Å². The summed E-state index contributed by atoms with van der Waals surface area (Å²) in [5.41, 5.74) is 1.80. The average Bonchev–Trinajstić information content (AvgIpc) is 3.20. The number of nitrogens with one attached hydrogen (secondary N) is 1. The van der Waals surface area contributed by atoms with Crippen LogP contribution in [0.15, 0.2) is 76.4 Å². The monoisotopic (exact) mass is 419 g/mol. The molecule has 30 heavy (non-hydrogen) atoms. The topological polar surface area (TPSA) is 77.2 Å². The van der Waals surface area contributed by atoms with E-state index >= 15 is 0 Å². The van der Waals surface area contributed by atoms with E-state index < -0.39 is 0 Å². The summed E-state index contributed by atoms with van der Waals surface area (Å²) in [6.07, 6.45) is 0.523. The normalized spacial score (nSPS) is 11.9. The van der Waals surface area contributed by atoms with Gasteiger partial charge in [-0.2, -0.15) is 0 Å². The molecule has 0 spiro atoms. The van der Waals surface area contributed by atoms with Gasteiger partial charge in [0.05, 0.1) is 18.8 Å². The molecule has 0 saturated carbocycles. The first-order valence-electron chi connectivity index (χ1n) is 9.52. The number of thioether (sulfide) groups is 1. The Balaban J connectivity index is 1.35. The van der Waals surface area contributed by atoms with Crippen LogP contribution in [0.4, 0.5) is 5.69 Å². The Morgan fingerprint density at radius 3 is 2.60 bits per heavy atom. The molecule has 0 aliphatic heterocycles. The highest BCUT2D eigenvalue weighted by molar-refractivity contribution is 8.00. The van der Waals surface area contributed by atoms with Gasteiger partial charge in [0.25, 0.3) is 5.22 Å². The fourth-order valence-corrected chi connectivity index (χ4v) is 3.69. The third-order valence-corrected chi connectivity index (χ3v) is 5.56. The van der Waals surface area contributed by atoms with Crippen molar-refractivity contribution >= 4 is 34.1 Å². The van der Waals surface area contributed by atoms with Crippen molar-refractivity contribution < 1.29 is 13.9 Å². The molecule has 0 radical (unpaired) electrons. The fraction of sp³-hybridized carbons (Fsp3) is 0.174. The molecule has 4 rings (SSSR count). The highest BCUT2D eigenvalue weighted by Crippen LogP contribution is 2.25. The van der Waals surface area contributed by atoms with Crippen LogP contribution < -0.4 is 10.1 Å². The first-order valence-corrected chi connectivity index (χ1v) is 10.4. The minimum absolute atomic E-state index is 0.120. The molecule has 0 bridgehead atoms. The number of hydrogen-bond donors (Lipinski definition) is 1. The van der Waals surface area contributed by atoms with Gasteiger partial charge in [-0.25, -0.2) is 0 Å². The van der Waals surface area contributed by atoms with Crippen molar-refractivity contribution in [1.29, 1.82) is 0 Å². The van der Waals surface area contributed by atoms with Gasteiger partial charge < -0.3 is 14.5 Å². The summed E-state index contributed by atoms with van der Waals surface area (Å²) in [5.74, 6) is 1.18. The van der Waals surface area contributed by atoms with Gasteiger partial charge >= 0.3 is 0 Å². The van der Waals surface area contributed by atoms with Gasteiger partial charge in [0, 0.05) is 5.69 Å². The van der Waals surface area contributed by atoms with Crippen LogP contribution in [0.3, 0.4) is 0 Å². The molecule has 0 saturated heterocycles. The number of benzene rings is 3. The highest BCUT2D eigenvalue weighted by Gasteiger charge is 2.19. The molecule has 6 nitrogen and oxygen atoms in total. The van der Waals surface area contributed by atoms with Crippen molar-refractivity contribution in [3.8, 4) is 5.75 Å². The molecule has 1 aromatic heterocycles. The van der Waals surface area contributed by atoms with E-state index in [9.17, 15) is 4.79 Å². The predicted octanol–water partition coefficient (Wildman–Crippen LogP) is 4.94. The number of rotatable bonds is 7. The van der Waals surface area contributed by atoms with Gasteiger partial charge in [0.15, 0.2) is 0 Å². The van der Waals surface area contributed by atoms with E-state index in [0.717, 1.165) is 27.8 Å². The largest absolute Gasteiger partial charge is 0.497 e. The maximum absolute atomic E-state index is 12.6. The zero-order valence-electron chi connectivity index (χ0n) is 16.7. The molecule has 0 fully saturated rings. The zero-order valence-corrected chi connectivity index (χ0v) is 17.5. The summed E-state index contributed by atoms with van der Waals surface area (Å²) in [4.78, 5) is 12.6. The summed E-state index contributed by atoms with van der Waals surface area (Å²) in [6, 6.07) is 21.6. The van der Waals surface area contributed by atoms with Crippen molar-refractivity contribution in [2.24, 2.45) is 0 Å². The molecule has 3 aromatic carbocycles. The lowest BCUT2D eigenvalue weighted by atomic mass is 10.1. The van der Waals surface area contributed by atoms with Crippen LogP contribution in [0.25, 0.3) is 10.8 Å². The summed E-state index contributed by atoms with van der Waals surface area (Å²) in [7, 11) is 1.63. The van der Waals surface area contributed by atoms with E-state index in [-0.39, 0.29) is 11.2 Å². The van der Waals surface area contributed by atoms with Crippen LogP contribution in [0.5, 0.6) is 5.75 Å². The number of anilines is 1. The predicted molar refractivity (Wildman–Crippen MR) is 118 cm³/mol. The Hall–Kier alpha value is -3.32. The van der Waals surface area contributed by atoms with Crippen molar-refractivity contribution in [2.45, 2.75) is 23.8 Å². The van der Waals surface area contributed by atoms with Crippen LogP contribution >= 0.6 is 11.8 Å². The Labute approximate surface area is 178 Å². The van der Waals surface area contributed by atoms with Crippen LogP contribution in [0.2, 0.25) is 0 Å². The third-order valence-electron chi connectivity index (χ3n) is 4.63. The van der Waals surface area contributed by atoms with Gasteiger partial charge in [-0.15, -0.1) is 10.2 Å². The van der Waals surface area contributed by atoms with Gasteiger partial charge in [0.2, 0.25) is 11.8 Å². The van der Waals surface area contributed by atoms with E-state index in [1.54, 1.807) is 7.11 Å². The summed E-state index contributed by atoms with van der Waals surface area (Å²) in [5, 5.41) is 13.3. The minimum atomic E-state index is -0.384. The van der Waals surface area contributed by atoms with Crippen LogP contribution in [0.1, 0.15) is 18.4 Å². The number of ether oxygens (including phenoxy) is 1. The van der Waals surface area contributed by atoms with Crippen LogP contribution in [0, 0.1) is 0 Å². The van der Waals surface area contributed by atoms with Gasteiger partial charge in [-0.05, 0) is 47.5 Å². The molecule has 1 amide bonds. The van der Waals surface area contributed by atoms with Crippen molar-refractivity contribution in [3.63, 3.8) is 0 Å². The number of amides is 1. The number of carbonyl (C=O) groups excluding carboxylic acids is 1. The second kappa shape index (κ2) is 9.00. The molecule has 0 aliphatic rings. The molecular weight excluding hydrogens is 398 g/mol. The molecule has 4 aromatic rings. The number of aromatic nitrogens is 2. The Kier molecular flexibility index (Phi) is 5.99. The highest BCUT2D eigenvalue weighted by atomic mass is 32.2. The second-order valence-corrected chi connectivity index (χ2v) is 8.09. The average molecular weight is 420 g/mol. The van der Waals surface area contributed by atoms with Gasteiger partial charge in [-0.1, -0.05) is 54.2 Å². The first-order chi connectivity index (χ1) is 14.6. The Morgan fingerprint density at radius 2 is 1.83 bits per heavy atom. The maximum Gasteiger partial charge on any atom is 0.277 e. The van der Waals surface area contributed by atoms with Crippen molar-refractivity contribution in [2.75, 3.05) is 12.4 Å². The third kappa shape index (κ3) is 4.80. The smallest absolute Gasteiger partial charge is 0.277 e. The SMILES string of the molecule is COc1ccc(Cc2nnc(S[C@H](C)C(=O)Nc3ccc4ccccc4c3)o2)cc1.